The van der Waals surface area contributed by atoms with Crippen LogP contribution in [-0.4, -0.2) is 36.7 Å². The topological polar surface area (TPSA) is 61.8 Å². The fourth-order valence-corrected chi connectivity index (χ4v) is 2.36. The predicted molar refractivity (Wildman–Crippen MR) is 87.3 cm³/mol. The van der Waals surface area contributed by atoms with Crippen molar-refractivity contribution < 1.29 is 23.6 Å². The van der Waals surface area contributed by atoms with Gasteiger partial charge in [-0.3, -0.25) is 9.36 Å². The Morgan fingerprint density at radius 1 is 1.23 bits per heavy atom. The molecule has 0 radical (unpaired) electrons. The van der Waals surface area contributed by atoms with Crippen molar-refractivity contribution in [3.05, 3.63) is 12.2 Å². The molecule has 0 aliphatic rings. The van der Waals surface area contributed by atoms with Crippen molar-refractivity contribution in [2.45, 2.75) is 71.6 Å². The summed E-state index contributed by atoms with van der Waals surface area (Å²) in [6.07, 6.45) is 0.700. The van der Waals surface area contributed by atoms with Gasteiger partial charge in [0, 0.05) is 6.61 Å². The Kier molecular flexibility index (Phi) is 10.7. The van der Waals surface area contributed by atoms with E-state index in [2.05, 4.69) is 6.58 Å². The molecule has 128 valence electrons. The van der Waals surface area contributed by atoms with Crippen LogP contribution in [-0.2, 0) is 23.6 Å². The highest BCUT2D eigenvalue weighted by molar-refractivity contribution is 7.25. The summed E-state index contributed by atoms with van der Waals surface area (Å²) in [6.45, 7) is 13.7. The molecule has 0 saturated heterocycles. The monoisotopic (exact) mass is 332 g/mol. The molecule has 0 aliphatic carbocycles. The maximum atomic E-state index is 12.2. The van der Waals surface area contributed by atoms with E-state index in [4.69, 9.17) is 14.2 Å². The van der Waals surface area contributed by atoms with Gasteiger partial charge in [-0.2, -0.15) is 0 Å². The molecular formula is C16H29O5P. The Morgan fingerprint density at radius 3 is 2.23 bits per heavy atom. The van der Waals surface area contributed by atoms with Gasteiger partial charge in [-0.25, -0.2) is 0 Å². The molecule has 3 unspecified atom stereocenters. The van der Waals surface area contributed by atoms with E-state index in [0.29, 0.717) is 25.2 Å². The largest absolute Gasteiger partial charge is 0.372 e. The Morgan fingerprint density at radius 2 is 1.82 bits per heavy atom. The van der Waals surface area contributed by atoms with E-state index >= 15 is 0 Å². The highest BCUT2D eigenvalue weighted by Gasteiger charge is 2.44. The van der Waals surface area contributed by atoms with Crippen LogP contribution in [0.1, 0.15) is 53.9 Å². The van der Waals surface area contributed by atoms with E-state index in [1.165, 1.54) is 0 Å². The molecule has 0 rings (SSSR count). The summed E-state index contributed by atoms with van der Waals surface area (Å²) in [5.41, 5.74) is -1.07. The second kappa shape index (κ2) is 11.0. The molecule has 0 spiro atoms. The van der Waals surface area contributed by atoms with Crippen LogP contribution >= 0.6 is 8.46 Å². The number of carbonyl (C=O) groups is 1. The minimum Gasteiger partial charge on any atom is -0.372 e. The Balaban J connectivity index is 5.30. The zero-order chi connectivity index (χ0) is 17.2. The van der Waals surface area contributed by atoms with Crippen LogP contribution in [0, 0.1) is 0 Å². The maximum absolute atomic E-state index is 12.2. The minimum absolute atomic E-state index is 0.210. The van der Waals surface area contributed by atoms with E-state index in [1.54, 1.807) is 13.8 Å². The quantitative estimate of drug-likeness (QED) is 0.288. The summed E-state index contributed by atoms with van der Waals surface area (Å²) >= 11 is 0. The van der Waals surface area contributed by atoms with Crippen LogP contribution in [0.2, 0.25) is 0 Å². The van der Waals surface area contributed by atoms with Gasteiger partial charge in [0.25, 0.3) is 5.53 Å². The van der Waals surface area contributed by atoms with Crippen molar-refractivity contribution >= 4 is 14.2 Å². The first-order chi connectivity index (χ1) is 10.4. The fourth-order valence-electron chi connectivity index (χ4n) is 1.82. The number of hydrogen-bond donors (Lipinski definition) is 0. The van der Waals surface area contributed by atoms with Crippen molar-refractivity contribution in [2.24, 2.45) is 0 Å². The first-order valence-corrected chi connectivity index (χ1v) is 8.67. The maximum Gasteiger partial charge on any atom is 0.278 e. The number of hydrogen-bond acceptors (Lipinski definition) is 5. The standard InChI is InChI=1S/C16H29O5P/c1-7-10-19-13(6)16(22-18,20-11-8-2)21-14(9-3)15(17)12(4)5/h13-14H,4,7-11H2,1-3,5-6H3. The van der Waals surface area contributed by atoms with Gasteiger partial charge < -0.3 is 14.2 Å². The second-order valence-corrected chi connectivity index (χ2v) is 6.05. The minimum atomic E-state index is -1.48. The molecule has 0 amide bonds. The van der Waals surface area contributed by atoms with Gasteiger partial charge in [0.05, 0.1) is 6.61 Å². The molecule has 0 bridgehead atoms. The number of carbonyl (C=O) groups excluding carboxylic acids is 1. The van der Waals surface area contributed by atoms with Crippen molar-refractivity contribution in [3.8, 4) is 0 Å². The first kappa shape index (κ1) is 21.4. The van der Waals surface area contributed by atoms with Gasteiger partial charge in [-0.05, 0) is 38.7 Å². The van der Waals surface area contributed by atoms with Crippen molar-refractivity contribution in [1.29, 1.82) is 0 Å². The van der Waals surface area contributed by atoms with Crippen LogP contribution in [0.3, 0.4) is 0 Å². The molecule has 0 saturated carbocycles. The summed E-state index contributed by atoms with van der Waals surface area (Å²) < 4.78 is 29.0. The highest BCUT2D eigenvalue weighted by atomic mass is 31.1. The fraction of sp³-hybridized carbons (Fsp3) is 0.812. The van der Waals surface area contributed by atoms with Crippen LogP contribution in [0.5, 0.6) is 0 Å². The zero-order valence-electron chi connectivity index (χ0n) is 14.4. The smallest absolute Gasteiger partial charge is 0.278 e. The second-order valence-electron chi connectivity index (χ2n) is 5.24. The van der Waals surface area contributed by atoms with E-state index < -0.39 is 17.7 Å². The number of Topliss-reactive ketones (excluding diaryl/α,β-unsaturated/α-hetero) is 1. The van der Waals surface area contributed by atoms with E-state index in [0.717, 1.165) is 12.8 Å². The van der Waals surface area contributed by atoms with Crippen molar-refractivity contribution in [3.63, 3.8) is 0 Å². The lowest BCUT2D eigenvalue weighted by Gasteiger charge is -2.35. The highest BCUT2D eigenvalue weighted by Crippen LogP contribution is 2.35. The summed E-state index contributed by atoms with van der Waals surface area (Å²) in [5, 5.41) is 0. The van der Waals surface area contributed by atoms with Gasteiger partial charge in [-0.15, -0.1) is 0 Å². The van der Waals surface area contributed by atoms with E-state index in [-0.39, 0.29) is 14.2 Å². The average molecular weight is 332 g/mol. The summed E-state index contributed by atoms with van der Waals surface area (Å²) in [4.78, 5) is 12.2. The molecule has 0 aromatic heterocycles. The molecule has 22 heavy (non-hydrogen) atoms. The van der Waals surface area contributed by atoms with Gasteiger partial charge >= 0.3 is 0 Å². The molecule has 0 heterocycles. The molecule has 0 N–H and O–H groups in total. The Bertz CT molecular complexity index is 372. The van der Waals surface area contributed by atoms with Gasteiger partial charge in [-0.1, -0.05) is 27.4 Å². The van der Waals surface area contributed by atoms with Crippen LogP contribution < -0.4 is 0 Å². The molecule has 0 aliphatic heterocycles. The predicted octanol–water partition coefficient (Wildman–Crippen LogP) is 4.11. The number of ether oxygens (including phenoxy) is 3. The van der Waals surface area contributed by atoms with Gasteiger partial charge in [0.1, 0.15) is 12.2 Å². The lowest BCUT2D eigenvalue weighted by atomic mass is 10.1. The van der Waals surface area contributed by atoms with Crippen molar-refractivity contribution in [1.82, 2.24) is 0 Å². The third-order valence-corrected chi connectivity index (χ3v) is 3.97. The molecular weight excluding hydrogens is 303 g/mol. The zero-order valence-corrected chi connectivity index (χ0v) is 15.3. The average Bonchev–Trinajstić information content (AvgIpc) is 2.52. The molecule has 0 fully saturated rings. The van der Waals surface area contributed by atoms with Crippen LogP contribution in [0.4, 0.5) is 0 Å². The summed E-state index contributed by atoms with van der Waals surface area (Å²) in [5.74, 6) is -0.210. The van der Waals surface area contributed by atoms with Crippen LogP contribution in [0.15, 0.2) is 12.2 Å². The SMILES string of the molecule is C=C(C)C(=O)C(CC)OC(OCCC)(P=O)C(C)OCCC. The first-order valence-electron chi connectivity index (χ1n) is 7.86. The number of ketones is 1. The Hall–Kier alpha value is -0.610. The van der Waals surface area contributed by atoms with Crippen LogP contribution in [0.25, 0.3) is 0 Å². The van der Waals surface area contributed by atoms with E-state index in [9.17, 15) is 9.36 Å². The molecule has 5 nitrogen and oxygen atoms in total. The summed E-state index contributed by atoms with van der Waals surface area (Å²) in [7, 11) is -0.356. The van der Waals surface area contributed by atoms with E-state index in [1.807, 2.05) is 20.8 Å². The molecule has 0 aromatic rings. The lowest BCUT2D eigenvalue weighted by Crippen LogP contribution is -2.47. The van der Waals surface area contributed by atoms with Crippen molar-refractivity contribution in [2.75, 3.05) is 13.2 Å². The molecule has 0 aromatic carbocycles. The normalized spacial score (nSPS) is 17.0. The molecule has 6 heteroatoms. The lowest BCUT2D eigenvalue weighted by molar-refractivity contribution is -0.248. The Labute approximate surface area is 135 Å². The van der Waals surface area contributed by atoms with Gasteiger partial charge in [0.2, 0.25) is 8.46 Å². The number of rotatable bonds is 13. The third kappa shape index (κ3) is 6.25. The van der Waals surface area contributed by atoms with Gasteiger partial charge in [0.15, 0.2) is 5.78 Å². The summed E-state index contributed by atoms with van der Waals surface area (Å²) in [6, 6.07) is 0. The molecule has 3 atom stereocenters. The third-order valence-electron chi connectivity index (χ3n) is 3.12.